The number of hydrogen-bond acceptors (Lipinski definition) is 4. The molecule has 1 fully saturated rings. The Hall–Kier alpha value is -3.61. The van der Waals surface area contributed by atoms with E-state index in [-0.39, 0.29) is 18.4 Å². The summed E-state index contributed by atoms with van der Waals surface area (Å²) in [6, 6.07) is 13.9. The Bertz CT molecular complexity index is 1060. The standard InChI is InChI=1S/C23H22FN3O3/c1-29-19-4-6-21(24)17(13-19)15-26-11-12-27(23(26)28)18-3-5-20(22(14-18)30-2)16-7-9-25-10-8-16/h3-10,13-14H,11-12,15H2,1-2H3. The van der Waals surface area contributed by atoms with E-state index in [1.807, 2.05) is 30.3 Å². The van der Waals surface area contributed by atoms with Gasteiger partial charge in [-0.15, -0.1) is 0 Å². The summed E-state index contributed by atoms with van der Waals surface area (Å²) in [6.07, 6.45) is 3.45. The zero-order chi connectivity index (χ0) is 21.1. The second kappa shape index (κ2) is 8.41. The lowest BCUT2D eigenvalue weighted by Crippen LogP contribution is -2.31. The number of halogens is 1. The molecule has 0 aliphatic carbocycles. The molecule has 30 heavy (non-hydrogen) atoms. The van der Waals surface area contributed by atoms with Crippen LogP contribution in [0.3, 0.4) is 0 Å². The van der Waals surface area contributed by atoms with Crippen LogP contribution in [0.4, 0.5) is 14.9 Å². The van der Waals surface area contributed by atoms with Crippen LogP contribution in [0.1, 0.15) is 5.56 Å². The Labute approximate surface area is 174 Å². The summed E-state index contributed by atoms with van der Waals surface area (Å²) < 4.78 is 24.9. The van der Waals surface area contributed by atoms with Crippen molar-refractivity contribution in [1.29, 1.82) is 0 Å². The van der Waals surface area contributed by atoms with E-state index in [1.165, 1.54) is 13.2 Å². The molecule has 0 radical (unpaired) electrons. The summed E-state index contributed by atoms with van der Waals surface area (Å²) in [5.74, 6) is 0.876. The molecule has 3 aromatic rings. The zero-order valence-electron chi connectivity index (χ0n) is 16.8. The van der Waals surface area contributed by atoms with Crippen molar-refractivity contribution in [2.75, 3.05) is 32.2 Å². The van der Waals surface area contributed by atoms with Crippen LogP contribution in [0.5, 0.6) is 11.5 Å². The van der Waals surface area contributed by atoms with Gasteiger partial charge in [0.2, 0.25) is 0 Å². The molecule has 1 aliphatic heterocycles. The van der Waals surface area contributed by atoms with E-state index in [4.69, 9.17) is 9.47 Å². The van der Waals surface area contributed by atoms with Crippen molar-refractivity contribution in [2.24, 2.45) is 0 Å². The highest BCUT2D eigenvalue weighted by Gasteiger charge is 2.30. The average molecular weight is 407 g/mol. The highest BCUT2D eigenvalue weighted by atomic mass is 19.1. The Morgan fingerprint density at radius 1 is 1.00 bits per heavy atom. The molecule has 2 aromatic carbocycles. The van der Waals surface area contributed by atoms with Crippen LogP contribution in [-0.2, 0) is 6.54 Å². The quantitative estimate of drug-likeness (QED) is 0.610. The predicted molar refractivity (Wildman–Crippen MR) is 112 cm³/mol. The Kier molecular flexibility index (Phi) is 5.52. The molecule has 2 heterocycles. The third-order valence-corrected chi connectivity index (χ3v) is 5.20. The summed E-state index contributed by atoms with van der Waals surface area (Å²) in [5.41, 5.74) is 3.07. The Balaban J connectivity index is 1.55. The molecular formula is C23H22FN3O3. The van der Waals surface area contributed by atoms with Gasteiger partial charge in [-0.05, 0) is 48.0 Å². The molecule has 1 saturated heterocycles. The third kappa shape index (κ3) is 3.78. The number of anilines is 1. The normalized spacial score (nSPS) is 13.6. The van der Waals surface area contributed by atoms with E-state index in [0.717, 1.165) is 16.8 Å². The molecule has 1 aliphatic rings. The van der Waals surface area contributed by atoms with Gasteiger partial charge < -0.3 is 14.4 Å². The summed E-state index contributed by atoms with van der Waals surface area (Å²) in [6.45, 7) is 1.21. The van der Waals surface area contributed by atoms with Crippen LogP contribution >= 0.6 is 0 Å². The number of carbonyl (C=O) groups excluding carboxylic acids is 1. The zero-order valence-corrected chi connectivity index (χ0v) is 16.8. The van der Waals surface area contributed by atoms with Gasteiger partial charge in [-0.1, -0.05) is 0 Å². The number of amides is 2. The lowest BCUT2D eigenvalue weighted by atomic mass is 10.1. The van der Waals surface area contributed by atoms with Crippen molar-refractivity contribution in [1.82, 2.24) is 9.88 Å². The SMILES string of the molecule is COc1ccc(F)c(CN2CCN(c3ccc(-c4ccncc4)c(OC)c3)C2=O)c1. The molecule has 7 heteroatoms. The van der Waals surface area contributed by atoms with Crippen LogP contribution in [-0.4, -0.2) is 43.2 Å². The molecule has 6 nitrogen and oxygen atoms in total. The van der Waals surface area contributed by atoms with Gasteiger partial charge >= 0.3 is 6.03 Å². The number of rotatable bonds is 6. The third-order valence-electron chi connectivity index (χ3n) is 5.20. The highest BCUT2D eigenvalue weighted by Crippen LogP contribution is 2.34. The fraction of sp³-hybridized carbons (Fsp3) is 0.217. The number of nitrogens with zero attached hydrogens (tertiary/aromatic N) is 3. The number of hydrogen-bond donors (Lipinski definition) is 0. The molecule has 2 amide bonds. The number of benzene rings is 2. The van der Waals surface area contributed by atoms with Crippen LogP contribution in [0.15, 0.2) is 60.9 Å². The number of pyridine rings is 1. The number of carbonyl (C=O) groups is 1. The van der Waals surface area contributed by atoms with E-state index in [1.54, 1.807) is 41.4 Å². The molecule has 1 aromatic heterocycles. The second-order valence-electron chi connectivity index (χ2n) is 6.93. The average Bonchev–Trinajstić information content (AvgIpc) is 3.15. The van der Waals surface area contributed by atoms with Crippen molar-refractivity contribution >= 4 is 11.7 Å². The first-order chi connectivity index (χ1) is 14.6. The Morgan fingerprint density at radius 2 is 1.80 bits per heavy atom. The topological polar surface area (TPSA) is 54.9 Å². The van der Waals surface area contributed by atoms with E-state index < -0.39 is 0 Å². The monoisotopic (exact) mass is 407 g/mol. The van der Waals surface area contributed by atoms with Gasteiger partial charge in [0.25, 0.3) is 0 Å². The van der Waals surface area contributed by atoms with Gasteiger partial charge in [-0.2, -0.15) is 0 Å². The number of aromatic nitrogens is 1. The van der Waals surface area contributed by atoms with Crippen molar-refractivity contribution < 1.29 is 18.7 Å². The molecular weight excluding hydrogens is 385 g/mol. The first-order valence-corrected chi connectivity index (χ1v) is 9.58. The van der Waals surface area contributed by atoms with Crippen LogP contribution < -0.4 is 14.4 Å². The maximum atomic E-state index is 14.2. The summed E-state index contributed by atoms with van der Waals surface area (Å²) >= 11 is 0. The Morgan fingerprint density at radius 3 is 2.53 bits per heavy atom. The van der Waals surface area contributed by atoms with Gasteiger partial charge in [0.05, 0.1) is 20.8 Å². The number of ether oxygens (including phenoxy) is 2. The minimum absolute atomic E-state index is 0.170. The van der Waals surface area contributed by atoms with E-state index in [9.17, 15) is 9.18 Å². The van der Waals surface area contributed by atoms with Gasteiger partial charge in [0.1, 0.15) is 17.3 Å². The summed E-state index contributed by atoms with van der Waals surface area (Å²) in [4.78, 5) is 20.3. The van der Waals surface area contributed by atoms with Gasteiger partial charge in [-0.25, -0.2) is 9.18 Å². The lowest BCUT2D eigenvalue weighted by Gasteiger charge is -2.20. The van der Waals surface area contributed by atoms with Gasteiger partial charge in [0.15, 0.2) is 0 Å². The molecule has 0 N–H and O–H groups in total. The molecule has 4 rings (SSSR count). The highest BCUT2D eigenvalue weighted by molar-refractivity contribution is 5.95. The molecule has 154 valence electrons. The van der Waals surface area contributed by atoms with E-state index in [0.29, 0.717) is 30.2 Å². The van der Waals surface area contributed by atoms with E-state index >= 15 is 0 Å². The molecule has 0 atom stereocenters. The second-order valence-corrected chi connectivity index (χ2v) is 6.93. The summed E-state index contributed by atoms with van der Waals surface area (Å²) in [7, 11) is 3.14. The molecule has 0 spiro atoms. The van der Waals surface area contributed by atoms with Crippen LogP contribution in [0, 0.1) is 5.82 Å². The number of methoxy groups -OCH3 is 2. The van der Waals surface area contributed by atoms with Gasteiger partial charge in [-0.3, -0.25) is 9.88 Å². The fourth-order valence-corrected chi connectivity index (χ4v) is 3.59. The molecule has 0 unspecified atom stereocenters. The smallest absolute Gasteiger partial charge is 0.324 e. The number of urea groups is 1. The lowest BCUT2D eigenvalue weighted by molar-refractivity contribution is 0.218. The van der Waals surface area contributed by atoms with Crippen LogP contribution in [0.2, 0.25) is 0 Å². The maximum absolute atomic E-state index is 14.2. The molecule has 0 saturated carbocycles. The maximum Gasteiger partial charge on any atom is 0.324 e. The minimum atomic E-state index is -0.356. The largest absolute Gasteiger partial charge is 0.497 e. The van der Waals surface area contributed by atoms with Crippen LogP contribution in [0.25, 0.3) is 11.1 Å². The first kappa shape index (κ1) is 19.7. The van der Waals surface area contributed by atoms with Crippen molar-refractivity contribution in [3.8, 4) is 22.6 Å². The minimum Gasteiger partial charge on any atom is -0.497 e. The summed E-state index contributed by atoms with van der Waals surface area (Å²) in [5, 5.41) is 0. The predicted octanol–water partition coefficient (Wildman–Crippen LogP) is 4.35. The molecule has 0 bridgehead atoms. The van der Waals surface area contributed by atoms with Crippen molar-refractivity contribution in [3.63, 3.8) is 0 Å². The fourth-order valence-electron chi connectivity index (χ4n) is 3.59. The first-order valence-electron chi connectivity index (χ1n) is 9.58. The van der Waals surface area contributed by atoms with E-state index in [2.05, 4.69) is 4.98 Å². The van der Waals surface area contributed by atoms with Crippen molar-refractivity contribution in [3.05, 3.63) is 72.3 Å². The van der Waals surface area contributed by atoms with Gasteiger partial charge in [0, 0.05) is 48.4 Å². The van der Waals surface area contributed by atoms with Crippen molar-refractivity contribution in [2.45, 2.75) is 6.54 Å².